The molecule has 4 fully saturated rings. The molecular weight excluding hydrogens is 424 g/mol. The summed E-state index contributed by atoms with van der Waals surface area (Å²) >= 11 is 3.18. The lowest BCUT2D eigenvalue weighted by Gasteiger charge is -2.37. The normalized spacial score (nSPS) is 42.0. The van der Waals surface area contributed by atoms with Gasteiger partial charge in [-0.3, -0.25) is 9.59 Å². The van der Waals surface area contributed by atoms with Gasteiger partial charge < -0.3 is 0 Å². The molecule has 4 nitrogen and oxygen atoms in total. The van der Waals surface area contributed by atoms with Gasteiger partial charge in [-0.2, -0.15) is 0 Å². The first kappa shape index (κ1) is 21.9. The molecule has 1 heterocycles. The number of hydrogen-bond donors (Lipinski definition) is 0. The summed E-state index contributed by atoms with van der Waals surface area (Å²) in [6, 6.07) is 2.00. The third kappa shape index (κ3) is 2.70. The van der Waals surface area contributed by atoms with Crippen molar-refractivity contribution in [2.45, 2.75) is 94.8 Å². The zero-order valence-corrected chi connectivity index (χ0v) is 21.4. The summed E-state index contributed by atoms with van der Waals surface area (Å²) in [5.41, 5.74) is 0.956. The van der Waals surface area contributed by atoms with Gasteiger partial charge in [0.1, 0.15) is 16.6 Å². The van der Waals surface area contributed by atoms with Crippen molar-refractivity contribution in [3.8, 4) is 0 Å². The fourth-order valence-electron chi connectivity index (χ4n) is 7.21. The maximum absolute atomic E-state index is 13.2. The Morgan fingerprint density at radius 3 is 1.74 bits per heavy atom. The smallest absolute Gasteiger partial charge is 0.189 e. The van der Waals surface area contributed by atoms with Gasteiger partial charge in [0.2, 0.25) is 0 Å². The van der Waals surface area contributed by atoms with Crippen molar-refractivity contribution in [1.82, 2.24) is 9.97 Å². The van der Waals surface area contributed by atoms with Crippen LogP contribution in [-0.2, 0) is 9.59 Å². The average Bonchev–Trinajstić information content (AvgIpc) is 3.14. The zero-order chi connectivity index (χ0) is 22.6. The molecule has 168 valence electrons. The van der Waals surface area contributed by atoms with Gasteiger partial charge in [-0.15, -0.1) is 0 Å². The molecule has 0 radical (unpaired) electrons. The molecule has 0 unspecified atom stereocenters. The molecule has 4 aliphatic rings. The largest absolute Gasteiger partial charge is 0.298 e. The summed E-state index contributed by atoms with van der Waals surface area (Å²) < 4.78 is 0. The van der Waals surface area contributed by atoms with Crippen LogP contribution in [-0.4, -0.2) is 32.0 Å². The van der Waals surface area contributed by atoms with Gasteiger partial charge in [0, 0.05) is 17.5 Å². The molecule has 6 heteroatoms. The van der Waals surface area contributed by atoms with Crippen LogP contribution in [0.25, 0.3) is 0 Å². The SMILES string of the molecule is Cc1cc(S[C@@H]2C(=O)[C@@H]3CC[C@]2(C)C3(C)C)nc(S[C@@H]2C(=O)[C@@H]3CC[C@]2(C)C3(C)C)n1. The second-order valence-corrected chi connectivity index (χ2v) is 14.1. The molecule has 0 aliphatic heterocycles. The van der Waals surface area contributed by atoms with Crippen LogP contribution in [0.2, 0.25) is 0 Å². The molecule has 4 aliphatic carbocycles. The van der Waals surface area contributed by atoms with E-state index in [4.69, 9.17) is 4.98 Å². The highest BCUT2D eigenvalue weighted by atomic mass is 32.2. The monoisotopic (exact) mass is 458 g/mol. The number of fused-ring (bicyclic) bond motifs is 4. The molecule has 0 N–H and O–H groups in total. The van der Waals surface area contributed by atoms with Crippen LogP contribution in [0.5, 0.6) is 0 Å². The van der Waals surface area contributed by atoms with Crippen molar-refractivity contribution >= 4 is 35.1 Å². The summed E-state index contributed by atoms with van der Waals surface area (Å²) in [4.78, 5) is 35.9. The summed E-state index contributed by atoms with van der Waals surface area (Å²) in [6.07, 6.45) is 4.22. The first-order valence-electron chi connectivity index (χ1n) is 11.6. The Morgan fingerprint density at radius 2 is 1.29 bits per heavy atom. The Bertz CT molecular complexity index is 915. The third-order valence-corrected chi connectivity index (χ3v) is 13.0. The van der Waals surface area contributed by atoms with Gasteiger partial charge in [0.05, 0.1) is 10.5 Å². The Labute approximate surface area is 194 Å². The first-order chi connectivity index (χ1) is 14.3. The minimum Gasteiger partial charge on any atom is -0.298 e. The first-order valence-corrected chi connectivity index (χ1v) is 13.4. The van der Waals surface area contributed by atoms with E-state index in [9.17, 15) is 9.59 Å². The van der Waals surface area contributed by atoms with Crippen molar-refractivity contribution in [3.05, 3.63) is 11.8 Å². The summed E-state index contributed by atoms with van der Waals surface area (Å²) in [5, 5.41) is 1.43. The van der Waals surface area contributed by atoms with Crippen LogP contribution in [0.4, 0.5) is 0 Å². The molecule has 4 saturated carbocycles. The number of rotatable bonds is 4. The van der Waals surface area contributed by atoms with Crippen LogP contribution in [0, 0.1) is 40.4 Å². The van der Waals surface area contributed by atoms with Crippen LogP contribution >= 0.6 is 23.5 Å². The molecule has 0 aromatic carbocycles. The molecule has 1 aromatic rings. The van der Waals surface area contributed by atoms with E-state index in [-0.39, 0.29) is 44.0 Å². The van der Waals surface area contributed by atoms with E-state index in [0.717, 1.165) is 36.4 Å². The van der Waals surface area contributed by atoms with E-state index in [1.165, 1.54) is 0 Å². The molecule has 1 aromatic heterocycles. The fraction of sp³-hybridized carbons (Fsp3) is 0.760. The Hall–Kier alpha value is -0.880. The highest BCUT2D eigenvalue weighted by Gasteiger charge is 2.67. The topological polar surface area (TPSA) is 59.9 Å². The standard InChI is InChI=1S/C25H34N2O2S2/c1-13-12-16(30-19-17(28)14-8-10-24(19,6)22(14,2)3)27-21(26-13)31-20-18(29)15-9-11-25(20,7)23(15,4)5/h12,14-15,19-20H,8-11H2,1-7H3/t14-,15-,19+,20+,24-,25-/m0/s1. The number of Topliss-reactive ketones (excluding diaryl/α,β-unsaturated/α-hetero) is 2. The summed E-state index contributed by atoms with van der Waals surface area (Å²) in [7, 11) is 0. The molecule has 0 amide bonds. The van der Waals surface area contributed by atoms with E-state index in [2.05, 4.69) is 46.5 Å². The van der Waals surface area contributed by atoms with Crippen LogP contribution in [0.15, 0.2) is 16.2 Å². The zero-order valence-electron chi connectivity index (χ0n) is 19.7. The van der Waals surface area contributed by atoms with Gasteiger partial charge in [-0.25, -0.2) is 9.97 Å². The van der Waals surface area contributed by atoms with E-state index < -0.39 is 0 Å². The molecule has 31 heavy (non-hydrogen) atoms. The maximum atomic E-state index is 13.2. The maximum Gasteiger partial charge on any atom is 0.189 e. The second kappa shape index (κ2) is 6.59. The molecule has 4 bridgehead atoms. The van der Waals surface area contributed by atoms with Gasteiger partial charge in [0.15, 0.2) is 5.16 Å². The molecule has 0 saturated heterocycles. The third-order valence-electron chi connectivity index (χ3n) is 10.2. The van der Waals surface area contributed by atoms with Crippen molar-refractivity contribution < 1.29 is 9.59 Å². The number of ketones is 2. The van der Waals surface area contributed by atoms with Gasteiger partial charge in [-0.1, -0.05) is 65.1 Å². The predicted molar refractivity (Wildman–Crippen MR) is 125 cm³/mol. The Balaban J connectivity index is 1.42. The van der Waals surface area contributed by atoms with Crippen molar-refractivity contribution in [1.29, 1.82) is 0 Å². The molecular formula is C25H34N2O2S2. The number of nitrogens with zero attached hydrogens (tertiary/aromatic N) is 2. The summed E-state index contributed by atoms with van der Waals surface area (Å²) in [6.45, 7) is 15.6. The van der Waals surface area contributed by atoms with E-state index >= 15 is 0 Å². The number of aromatic nitrogens is 2. The lowest BCUT2D eigenvalue weighted by Crippen LogP contribution is -2.36. The number of thioether (sulfide) groups is 2. The lowest BCUT2D eigenvalue weighted by molar-refractivity contribution is -0.123. The fourth-order valence-corrected chi connectivity index (χ4v) is 10.4. The predicted octanol–water partition coefficient (Wildman–Crippen LogP) is 5.76. The lowest BCUT2D eigenvalue weighted by atomic mass is 9.71. The van der Waals surface area contributed by atoms with E-state index in [1.807, 2.05) is 13.0 Å². The van der Waals surface area contributed by atoms with Gasteiger partial charge in [-0.05, 0) is 60.3 Å². The Morgan fingerprint density at radius 1 is 0.806 bits per heavy atom. The van der Waals surface area contributed by atoms with E-state index in [0.29, 0.717) is 16.7 Å². The van der Waals surface area contributed by atoms with Crippen LogP contribution in [0.3, 0.4) is 0 Å². The molecule has 0 spiro atoms. The van der Waals surface area contributed by atoms with Crippen molar-refractivity contribution in [3.63, 3.8) is 0 Å². The second-order valence-electron chi connectivity index (χ2n) is 11.9. The molecule has 5 rings (SSSR count). The number of aryl methyl sites for hydroxylation is 1. The average molecular weight is 459 g/mol. The highest BCUT2D eigenvalue weighted by molar-refractivity contribution is 8.01. The highest BCUT2D eigenvalue weighted by Crippen LogP contribution is 2.68. The number of carbonyl (C=O) groups excluding carboxylic acids is 2. The minimum absolute atomic E-state index is 0.00362. The number of carbonyl (C=O) groups is 2. The van der Waals surface area contributed by atoms with Crippen LogP contribution in [0.1, 0.15) is 72.9 Å². The van der Waals surface area contributed by atoms with Gasteiger partial charge in [0.25, 0.3) is 0 Å². The van der Waals surface area contributed by atoms with Crippen LogP contribution < -0.4 is 0 Å². The Kier molecular flexibility index (Phi) is 4.66. The molecule has 6 atom stereocenters. The quantitative estimate of drug-likeness (QED) is 0.422. The number of hydrogen-bond acceptors (Lipinski definition) is 6. The summed E-state index contributed by atoms with van der Waals surface area (Å²) in [5.74, 6) is 1.09. The minimum atomic E-state index is -0.0820. The van der Waals surface area contributed by atoms with Crippen molar-refractivity contribution in [2.75, 3.05) is 0 Å². The van der Waals surface area contributed by atoms with Crippen molar-refractivity contribution in [2.24, 2.45) is 33.5 Å². The van der Waals surface area contributed by atoms with E-state index in [1.54, 1.807) is 23.5 Å². The van der Waals surface area contributed by atoms with Gasteiger partial charge >= 0.3 is 0 Å².